The number of alkyl carbamates (subject to hydrolysis) is 1. The molecule has 2 N–H and O–H groups in total. The molecule has 1 aromatic heterocycles. The first-order valence-corrected chi connectivity index (χ1v) is 16.9. The molecule has 2 aromatic rings. The zero-order valence-corrected chi connectivity index (χ0v) is 30.2. The van der Waals surface area contributed by atoms with Gasteiger partial charge >= 0.3 is 12.2 Å². The van der Waals surface area contributed by atoms with Crippen LogP contribution < -0.4 is 15.7 Å². The third-order valence-corrected chi connectivity index (χ3v) is 6.87. The maximum atomic E-state index is 12.3. The maximum Gasteiger partial charge on any atom is 0.435 e. The van der Waals surface area contributed by atoms with Crippen LogP contribution in [0.15, 0.2) is 46.6 Å². The fraction of sp³-hybridized carbons (Fsp3) is 0.611. The van der Waals surface area contributed by atoms with Crippen molar-refractivity contribution in [2.24, 2.45) is 9.98 Å². The number of benzene rings is 1. The highest BCUT2D eigenvalue weighted by atomic mass is 16.6. The lowest BCUT2D eigenvalue weighted by molar-refractivity contribution is -0.116. The summed E-state index contributed by atoms with van der Waals surface area (Å²) in [6.07, 6.45) is 10.6. The molecule has 0 fully saturated rings. The molecule has 0 saturated carbocycles. The van der Waals surface area contributed by atoms with Crippen LogP contribution in [0.3, 0.4) is 0 Å². The van der Waals surface area contributed by atoms with Crippen LogP contribution in [0.4, 0.5) is 9.59 Å². The summed E-state index contributed by atoms with van der Waals surface area (Å²) in [4.78, 5) is 44.7. The van der Waals surface area contributed by atoms with Crippen molar-refractivity contribution >= 4 is 29.6 Å². The summed E-state index contributed by atoms with van der Waals surface area (Å²) >= 11 is 0. The summed E-state index contributed by atoms with van der Waals surface area (Å²) in [6, 6.07) is 7.51. The number of imidazole rings is 1. The molecular formula is C36H56N6O6. The van der Waals surface area contributed by atoms with E-state index in [-0.39, 0.29) is 11.7 Å². The molecule has 12 nitrogen and oxygen atoms in total. The first kappa shape index (κ1) is 40.0. The van der Waals surface area contributed by atoms with Gasteiger partial charge in [0.2, 0.25) is 11.5 Å². The number of aliphatic imine (C=N–C) groups is 1. The third-order valence-electron chi connectivity index (χ3n) is 6.87. The van der Waals surface area contributed by atoms with Gasteiger partial charge in [0.05, 0.1) is 6.61 Å². The normalized spacial score (nSPS) is 12.5. The molecule has 48 heavy (non-hydrogen) atoms. The van der Waals surface area contributed by atoms with Crippen molar-refractivity contribution in [2.45, 2.75) is 137 Å². The molecule has 2 rings (SSSR count). The van der Waals surface area contributed by atoms with Gasteiger partial charge in [-0.15, -0.1) is 0 Å². The standard InChI is InChI=1S/C36H56N6O6/c1-27(37)29-18-20-30(21-19-29)46-26-16-23-42-25-24-41(32(42)38-28(2)43)22-15-13-11-9-10-12-14-17-31(39-33(44)47-35(3,4)5)40-34(45)48-36(6,7)8/h18-21,24-25,37H,9-17,22-23,26H2,1-8H3,(H,39,40,44,45). The number of nitrogens with one attached hydrogen (secondary N) is 2. The van der Waals surface area contributed by atoms with Gasteiger partial charge in [0.1, 0.15) is 22.8 Å². The zero-order valence-electron chi connectivity index (χ0n) is 30.2. The van der Waals surface area contributed by atoms with Crippen LogP contribution in [0.2, 0.25) is 0 Å². The Morgan fingerprint density at radius 1 is 0.771 bits per heavy atom. The van der Waals surface area contributed by atoms with Gasteiger partial charge < -0.3 is 28.8 Å². The van der Waals surface area contributed by atoms with E-state index in [4.69, 9.17) is 19.6 Å². The number of unbranched alkanes of at least 4 members (excludes halogenated alkanes) is 6. The maximum absolute atomic E-state index is 12.3. The predicted molar refractivity (Wildman–Crippen MR) is 188 cm³/mol. The molecular weight excluding hydrogens is 612 g/mol. The number of hydrogen-bond acceptors (Lipinski definition) is 7. The smallest absolute Gasteiger partial charge is 0.435 e. The number of amidine groups is 1. The van der Waals surface area contributed by atoms with Crippen LogP contribution in [0.5, 0.6) is 5.75 Å². The van der Waals surface area contributed by atoms with E-state index in [1.165, 1.54) is 6.92 Å². The van der Waals surface area contributed by atoms with Gasteiger partial charge in [0.25, 0.3) is 0 Å². The van der Waals surface area contributed by atoms with Crippen LogP contribution in [0.25, 0.3) is 0 Å². The number of carbonyl (C=O) groups excluding carboxylic acids is 3. The van der Waals surface area contributed by atoms with Crippen molar-refractivity contribution in [3.63, 3.8) is 0 Å². The topological polar surface area (TPSA) is 149 Å². The van der Waals surface area contributed by atoms with Gasteiger partial charge in [-0.2, -0.15) is 9.98 Å². The highest BCUT2D eigenvalue weighted by Crippen LogP contribution is 2.14. The summed E-state index contributed by atoms with van der Waals surface area (Å²) in [5.41, 5.74) is 0.691. The van der Waals surface area contributed by atoms with Gasteiger partial charge in [-0.25, -0.2) is 9.59 Å². The van der Waals surface area contributed by atoms with Crippen molar-refractivity contribution in [1.29, 1.82) is 5.41 Å². The molecule has 0 aliphatic rings. The van der Waals surface area contributed by atoms with E-state index < -0.39 is 23.4 Å². The number of aromatic nitrogens is 2. The minimum Gasteiger partial charge on any atom is -0.494 e. The van der Waals surface area contributed by atoms with Gasteiger partial charge in [0, 0.05) is 44.5 Å². The summed E-state index contributed by atoms with van der Waals surface area (Å²) < 4.78 is 20.5. The van der Waals surface area contributed by atoms with E-state index in [0.29, 0.717) is 30.9 Å². The lowest BCUT2D eigenvalue weighted by Gasteiger charge is -2.20. The lowest BCUT2D eigenvalue weighted by atomic mass is 10.1. The number of rotatable bonds is 16. The van der Waals surface area contributed by atoms with Gasteiger partial charge in [-0.3, -0.25) is 10.1 Å². The fourth-order valence-electron chi connectivity index (χ4n) is 4.72. The van der Waals surface area contributed by atoms with Crippen LogP contribution in [-0.2, 0) is 27.4 Å². The Morgan fingerprint density at radius 3 is 1.85 bits per heavy atom. The van der Waals surface area contributed by atoms with E-state index in [1.54, 1.807) is 48.5 Å². The summed E-state index contributed by atoms with van der Waals surface area (Å²) in [5, 5.41) is 10.3. The average Bonchev–Trinajstić information content (AvgIpc) is 3.32. The van der Waals surface area contributed by atoms with Gasteiger partial charge in [0.15, 0.2) is 0 Å². The van der Waals surface area contributed by atoms with Crippen LogP contribution in [-0.4, -0.2) is 56.6 Å². The highest BCUT2D eigenvalue weighted by Gasteiger charge is 2.20. The second-order valence-corrected chi connectivity index (χ2v) is 13.9. The second kappa shape index (κ2) is 19.6. The monoisotopic (exact) mass is 668 g/mol. The van der Waals surface area contributed by atoms with E-state index in [0.717, 1.165) is 69.2 Å². The Kier molecular flexibility index (Phi) is 16.3. The molecule has 0 atom stereocenters. The number of aryl methyl sites for hydroxylation is 2. The molecule has 1 aromatic carbocycles. The molecule has 0 saturated heterocycles. The SMILES string of the molecule is CC(=N)c1ccc(OCCCn2ccn(CCCCCCCCCC(=NC(=O)OC(C)(C)C)NC(=O)OC(C)(C)C)c2=NC(C)=O)cc1. The first-order chi connectivity index (χ1) is 22.5. The molecule has 0 aliphatic carbocycles. The van der Waals surface area contributed by atoms with E-state index in [9.17, 15) is 14.4 Å². The average molecular weight is 669 g/mol. The van der Waals surface area contributed by atoms with Crippen molar-refractivity contribution in [3.8, 4) is 5.75 Å². The summed E-state index contributed by atoms with van der Waals surface area (Å²) in [6.45, 7) is 15.8. The zero-order chi connectivity index (χ0) is 35.7. The Labute approximate surface area is 285 Å². The van der Waals surface area contributed by atoms with Crippen molar-refractivity contribution in [3.05, 3.63) is 47.8 Å². The molecule has 0 bridgehead atoms. The molecule has 0 radical (unpaired) electrons. The summed E-state index contributed by atoms with van der Waals surface area (Å²) in [5.74, 6) is 0.775. The molecule has 0 unspecified atom stereocenters. The van der Waals surface area contributed by atoms with E-state index in [1.807, 2.05) is 45.8 Å². The van der Waals surface area contributed by atoms with Gasteiger partial charge in [-0.1, -0.05) is 32.1 Å². The minimum absolute atomic E-state index is 0.234. The minimum atomic E-state index is -0.743. The Morgan fingerprint density at radius 2 is 1.31 bits per heavy atom. The first-order valence-electron chi connectivity index (χ1n) is 16.9. The molecule has 0 spiro atoms. The lowest BCUT2D eigenvalue weighted by Crippen LogP contribution is -2.37. The number of amides is 3. The van der Waals surface area contributed by atoms with Crippen molar-refractivity contribution < 1.29 is 28.6 Å². The highest BCUT2D eigenvalue weighted by molar-refractivity contribution is 6.00. The van der Waals surface area contributed by atoms with E-state index >= 15 is 0 Å². The number of hydrogen-bond donors (Lipinski definition) is 2. The Hall–Kier alpha value is -4.22. The third kappa shape index (κ3) is 17.1. The molecule has 266 valence electrons. The largest absolute Gasteiger partial charge is 0.494 e. The van der Waals surface area contributed by atoms with E-state index in [2.05, 4.69) is 15.3 Å². The predicted octanol–water partition coefficient (Wildman–Crippen LogP) is 7.57. The molecule has 3 amide bonds. The Bertz CT molecular complexity index is 1440. The molecule has 0 aliphatic heterocycles. The number of ether oxygens (including phenoxy) is 3. The van der Waals surface area contributed by atoms with Crippen LogP contribution >= 0.6 is 0 Å². The number of nitrogens with zero attached hydrogens (tertiary/aromatic N) is 4. The number of carbonyl (C=O) groups is 3. The van der Waals surface area contributed by atoms with Crippen LogP contribution in [0, 0.1) is 5.41 Å². The quantitative estimate of drug-likeness (QED) is 0.107. The van der Waals surface area contributed by atoms with Crippen molar-refractivity contribution in [1.82, 2.24) is 14.5 Å². The molecule has 1 heterocycles. The van der Waals surface area contributed by atoms with Gasteiger partial charge in [-0.05, 0) is 97.6 Å². The summed E-state index contributed by atoms with van der Waals surface area (Å²) in [7, 11) is 0. The Balaban J connectivity index is 1.75. The second-order valence-electron chi connectivity index (χ2n) is 13.9. The van der Waals surface area contributed by atoms with Crippen molar-refractivity contribution in [2.75, 3.05) is 6.61 Å². The van der Waals surface area contributed by atoms with Crippen LogP contribution in [0.1, 0.15) is 119 Å². The molecule has 12 heteroatoms. The fourth-order valence-corrected chi connectivity index (χ4v) is 4.72.